The molecule has 0 atom stereocenters. The standard InChI is InChI=1S/C23H29NO5/c1-4-27-19-7-5-6-8-21(19)29-18-11-13-24(14-12-18)23(25)16-28-20-10-9-17(2)15-22(20)26-3/h5-10,15,18H,4,11-14,16H2,1-3H3. The summed E-state index contributed by atoms with van der Waals surface area (Å²) in [6.07, 6.45) is 1.62. The molecule has 2 aromatic rings. The molecule has 0 unspecified atom stereocenters. The number of para-hydroxylation sites is 2. The summed E-state index contributed by atoms with van der Waals surface area (Å²) in [6, 6.07) is 13.4. The molecule has 156 valence electrons. The van der Waals surface area contributed by atoms with Crippen LogP contribution in [0.15, 0.2) is 42.5 Å². The van der Waals surface area contributed by atoms with Gasteiger partial charge in [-0.25, -0.2) is 0 Å². The molecule has 1 fully saturated rings. The highest BCUT2D eigenvalue weighted by molar-refractivity contribution is 5.78. The molecule has 1 aliphatic rings. The summed E-state index contributed by atoms with van der Waals surface area (Å²) in [5, 5.41) is 0. The molecule has 0 bridgehead atoms. The van der Waals surface area contributed by atoms with Crippen LogP contribution in [0.1, 0.15) is 25.3 Å². The molecule has 0 radical (unpaired) electrons. The molecular formula is C23H29NO5. The van der Waals surface area contributed by atoms with Gasteiger partial charge in [-0.15, -0.1) is 0 Å². The first-order chi connectivity index (χ1) is 14.1. The molecule has 0 N–H and O–H groups in total. The van der Waals surface area contributed by atoms with Crippen molar-refractivity contribution in [2.24, 2.45) is 0 Å². The summed E-state index contributed by atoms with van der Waals surface area (Å²) in [6.45, 7) is 5.83. The molecule has 0 aliphatic carbocycles. The lowest BCUT2D eigenvalue weighted by Gasteiger charge is -2.32. The maximum absolute atomic E-state index is 12.5. The molecule has 6 heteroatoms. The molecule has 6 nitrogen and oxygen atoms in total. The van der Waals surface area contributed by atoms with Crippen LogP contribution in [-0.2, 0) is 4.79 Å². The van der Waals surface area contributed by atoms with Gasteiger partial charge in [0.1, 0.15) is 6.10 Å². The second-order valence-electron chi connectivity index (χ2n) is 7.02. The molecule has 0 aromatic heterocycles. The maximum Gasteiger partial charge on any atom is 0.260 e. The lowest BCUT2D eigenvalue weighted by atomic mass is 10.1. The van der Waals surface area contributed by atoms with Crippen molar-refractivity contribution in [3.8, 4) is 23.0 Å². The molecule has 1 heterocycles. The fourth-order valence-corrected chi connectivity index (χ4v) is 3.35. The minimum atomic E-state index is -0.0270. The predicted octanol–water partition coefficient (Wildman–Crippen LogP) is 3.85. The number of hydrogen-bond donors (Lipinski definition) is 0. The van der Waals surface area contributed by atoms with Crippen molar-refractivity contribution in [1.82, 2.24) is 4.90 Å². The number of ether oxygens (including phenoxy) is 4. The van der Waals surface area contributed by atoms with Crippen LogP contribution in [0.2, 0.25) is 0 Å². The smallest absolute Gasteiger partial charge is 0.260 e. The van der Waals surface area contributed by atoms with Crippen molar-refractivity contribution in [2.75, 3.05) is 33.4 Å². The van der Waals surface area contributed by atoms with Gasteiger partial charge in [-0.3, -0.25) is 4.79 Å². The number of carbonyl (C=O) groups excluding carboxylic acids is 1. The molecular weight excluding hydrogens is 370 g/mol. The Morgan fingerprint density at radius 1 is 1.00 bits per heavy atom. The Morgan fingerprint density at radius 2 is 1.69 bits per heavy atom. The van der Waals surface area contributed by atoms with Crippen LogP contribution in [0.5, 0.6) is 23.0 Å². The van der Waals surface area contributed by atoms with Gasteiger partial charge in [0.2, 0.25) is 0 Å². The Kier molecular flexibility index (Phi) is 7.22. The van der Waals surface area contributed by atoms with E-state index in [1.165, 1.54) is 0 Å². The van der Waals surface area contributed by atoms with Crippen molar-refractivity contribution < 1.29 is 23.7 Å². The SMILES string of the molecule is CCOc1ccccc1OC1CCN(C(=O)COc2ccc(C)cc2OC)CC1. The van der Waals surface area contributed by atoms with Crippen molar-refractivity contribution in [1.29, 1.82) is 0 Å². The Morgan fingerprint density at radius 3 is 2.38 bits per heavy atom. The zero-order valence-electron chi connectivity index (χ0n) is 17.3. The average molecular weight is 399 g/mol. The molecule has 1 saturated heterocycles. The van der Waals surface area contributed by atoms with Gasteiger partial charge in [-0.1, -0.05) is 18.2 Å². The third-order valence-corrected chi connectivity index (χ3v) is 4.91. The third kappa shape index (κ3) is 5.56. The zero-order valence-corrected chi connectivity index (χ0v) is 17.3. The topological polar surface area (TPSA) is 57.2 Å². The van der Waals surface area contributed by atoms with E-state index in [2.05, 4.69) is 0 Å². The van der Waals surface area contributed by atoms with E-state index in [9.17, 15) is 4.79 Å². The number of hydrogen-bond acceptors (Lipinski definition) is 5. The molecule has 3 rings (SSSR count). The summed E-state index contributed by atoms with van der Waals surface area (Å²) in [5.74, 6) is 2.71. The first-order valence-corrected chi connectivity index (χ1v) is 10.0. The van der Waals surface area contributed by atoms with Gasteiger partial charge in [0.15, 0.2) is 29.6 Å². The van der Waals surface area contributed by atoms with E-state index in [1.807, 2.05) is 61.2 Å². The fourth-order valence-electron chi connectivity index (χ4n) is 3.35. The lowest BCUT2D eigenvalue weighted by Crippen LogP contribution is -2.43. The maximum atomic E-state index is 12.5. The second-order valence-corrected chi connectivity index (χ2v) is 7.02. The van der Waals surface area contributed by atoms with Gasteiger partial charge >= 0.3 is 0 Å². The first kappa shape index (κ1) is 20.8. The second kappa shape index (κ2) is 10.0. The number of carbonyl (C=O) groups is 1. The number of amides is 1. The van der Waals surface area contributed by atoms with Gasteiger partial charge in [-0.05, 0) is 43.7 Å². The molecule has 1 amide bonds. The minimum Gasteiger partial charge on any atom is -0.493 e. The number of rotatable bonds is 8. The first-order valence-electron chi connectivity index (χ1n) is 10.0. The van der Waals surface area contributed by atoms with Gasteiger partial charge in [0, 0.05) is 25.9 Å². The highest BCUT2D eigenvalue weighted by atomic mass is 16.5. The summed E-state index contributed by atoms with van der Waals surface area (Å²) in [7, 11) is 1.60. The molecule has 0 saturated carbocycles. The van der Waals surface area contributed by atoms with Gasteiger partial charge in [0.25, 0.3) is 5.91 Å². The summed E-state index contributed by atoms with van der Waals surface area (Å²) in [4.78, 5) is 14.4. The quantitative estimate of drug-likeness (QED) is 0.675. The van der Waals surface area contributed by atoms with Crippen LogP contribution in [0.3, 0.4) is 0 Å². The van der Waals surface area contributed by atoms with Crippen LogP contribution >= 0.6 is 0 Å². The Bertz CT molecular complexity index is 815. The van der Waals surface area contributed by atoms with Crippen LogP contribution in [-0.4, -0.2) is 50.3 Å². The number of nitrogens with zero attached hydrogens (tertiary/aromatic N) is 1. The number of aryl methyl sites for hydroxylation is 1. The van der Waals surface area contributed by atoms with E-state index in [4.69, 9.17) is 18.9 Å². The molecule has 2 aromatic carbocycles. The third-order valence-electron chi connectivity index (χ3n) is 4.91. The Labute approximate surface area is 172 Å². The van der Waals surface area contributed by atoms with E-state index in [-0.39, 0.29) is 18.6 Å². The lowest BCUT2D eigenvalue weighted by molar-refractivity contribution is -0.135. The molecule has 0 spiro atoms. The van der Waals surface area contributed by atoms with Crippen molar-refractivity contribution in [3.05, 3.63) is 48.0 Å². The van der Waals surface area contributed by atoms with Crippen LogP contribution < -0.4 is 18.9 Å². The molecule has 29 heavy (non-hydrogen) atoms. The normalized spacial score (nSPS) is 14.4. The van der Waals surface area contributed by atoms with E-state index in [1.54, 1.807) is 7.11 Å². The number of benzene rings is 2. The van der Waals surface area contributed by atoms with Crippen LogP contribution in [0.25, 0.3) is 0 Å². The van der Waals surface area contributed by atoms with Crippen molar-refractivity contribution >= 4 is 5.91 Å². The summed E-state index contributed by atoms with van der Waals surface area (Å²) in [5.41, 5.74) is 1.08. The Balaban J connectivity index is 1.49. The summed E-state index contributed by atoms with van der Waals surface area (Å²) >= 11 is 0. The number of methoxy groups -OCH3 is 1. The number of likely N-dealkylation sites (tertiary alicyclic amines) is 1. The van der Waals surface area contributed by atoms with E-state index in [0.717, 1.165) is 29.9 Å². The molecule has 1 aliphatic heterocycles. The van der Waals surface area contributed by atoms with Gasteiger partial charge < -0.3 is 23.8 Å². The van der Waals surface area contributed by atoms with Crippen LogP contribution in [0, 0.1) is 6.92 Å². The fraction of sp³-hybridized carbons (Fsp3) is 0.435. The van der Waals surface area contributed by atoms with E-state index >= 15 is 0 Å². The highest BCUT2D eigenvalue weighted by Gasteiger charge is 2.25. The Hall–Kier alpha value is -2.89. The number of piperidine rings is 1. The van der Waals surface area contributed by atoms with E-state index < -0.39 is 0 Å². The van der Waals surface area contributed by atoms with Gasteiger partial charge in [-0.2, -0.15) is 0 Å². The highest BCUT2D eigenvalue weighted by Crippen LogP contribution is 2.30. The monoisotopic (exact) mass is 399 g/mol. The van der Waals surface area contributed by atoms with Crippen molar-refractivity contribution in [2.45, 2.75) is 32.8 Å². The van der Waals surface area contributed by atoms with Gasteiger partial charge in [0.05, 0.1) is 13.7 Å². The van der Waals surface area contributed by atoms with E-state index in [0.29, 0.717) is 31.2 Å². The minimum absolute atomic E-state index is 0.00187. The zero-order chi connectivity index (χ0) is 20.6. The van der Waals surface area contributed by atoms with Crippen molar-refractivity contribution in [3.63, 3.8) is 0 Å². The van der Waals surface area contributed by atoms with Crippen LogP contribution in [0.4, 0.5) is 0 Å². The largest absolute Gasteiger partial charge is 0.493 e. The summed E-state index contributed by atoms with van der Waals surface area (Å²) < 4.78 is 22.8. The average Bonchev–Trinajstić information content (AvgIpc) is 2.74. The predicted molar refractivity (Wildman–Crippen MR) is 111 cm³/mol.